The maximum Gasteiger partial charge on any atom is 0.185 e. The van der Waals surface area contributed by atoms with Crippen molar-refractivity contribution in [3.8, 4) is 0 Å². The first-order valence-electron chi connectivity index (χ1n) is 6.58. The lowest BCUT2D eigenvalue weighted by atomic mass is 10.3. The molecule has 0 amide bonds. The van der Waals surface area contributed by atoms with Gasteiger partial charge in [-0.1, -0.05) is 0 Å². The Kier molecular flexibility index (Phi) is 7.97. The van der Waals surface area contributed by atoms with Crippen molar-refractivity contribution in [3.63, 3.8) is 0 Å². The van der Waals surface area contributed by atoms with Crippen molar-refractivity contribution < 1.29 is 9.47 Å². The smallest absolute Gasteiger partial charge is 0.185 e. The number of hydrogen-bond acceptors (Lipinski definition) is 6. The summed E-state index contributed by atoms with van der Waals surface area (Å²) < 4.78 is 10.3. The molecule has 0 fully saturated rings. The first-order valence-corrected chi connectivity index (χ1v) is 7.46. The first kappa shape index (κ1) is 16.4. The van der Waals surface area contributed by atoms with Gasteiger partial charge in [-0.2, -0.15) is 0 Å². The van der Waals surface area contributed by atoms with Crippen LogP contribution in [0, 0.1) is 0 Å². The van der Waals surface area contributed by atoms with E-state index in [1.54, 1.807) is 25.6 Å². The number of hydrogen-bond donors (Lipinski definition) is 1. The van der Waals surface area contributed by atoms with Gasteiger partial charge in [0.05, 0.1) is 12.3 Å². The van der Waals surface area contributed by atoms with Gasteiger partial charge in [0.25, 0.3) is 0 Å². The highest BCUT2D eigenvalue weighted by Crippen LogP contribution is 2.24. The van der Waals surface area contributed by atoms with Crippen molar-refractivity contribution >= 4 is 16.5 Å². The summed E-state index contributed by atoms with van der Waals surface area (Å²) in [6.07, 6.45) is 0.997. The summed E-state index contributed by atoms with van der Waals surface area (Å²) in [6.45, 7) is 5.40. The predicted octanol–water partition coefficient (Wildman–Crippen LogP) is 1.91. The molecule has 0 aliphatic carbocycles. The molecule has 0 aliphatic rings. The van der Waals surface area contributed by atoms with E-state index in [2.05, 4.69) is 22.5 Å². The van der Waals surface area contributed by atoms with Crippen LogP contribution in [-0.4, -0.2) is 52.6 Å². The van der Waals surface area contributed by atoms with Crippen molar-refractivity contribution in [2.24, 2.45) is 0 Å². The van der Waals surface area contributed by atoms with Crippen molar-refractivity contribution in [1.82, 2.24) is 10.3 Å². The molecule has 5 nitrogen and oxygen atoms in total. The maximum absolute atomic E-state index is 5.17. The highest BCUT2D eigenvalue weighted by Gasteiger charge is 2.13. The van der Waals surface area contributed by atoms with Crippen LogP contribution in [0.5, 0.6) is 0 Å². The van der Waals surface area contributed by atoms with E-state index >= 15 is 0 Å². The number of anilines is 1. The molecule has 1 aromatic rings. The minimum absolute atomic E-state index is 0.285. The lowest BCUT2D eigenvalue weighted by Crippen LogP contribution is -2.29. The van der Waals surface area contributed by atoms with Crippen LogP contribution < -0.4 is 10.2 Å². The van der Waals surface area contributed by atoms with Crippen molar-refractivity contribution in [2.45, 2.75) is 19.4 Å². The summed E-state index contributed by atoms with van der Waals surface area (Å²) in [5.41, 5.74) is 1.09. The minimum atomic E-state index is 0.285. The van der Waals surface area contributed by atoms with Crippen LogP contribution in [0.15, 0.2) is 5.38 Å². The van der Waals surface area contributed by atoms with E-state index in [0.717, 1.165) is 36.9 Å². The third-order valence-electron chi connectivity index (χ3n) is 3.00. The highest BCUT2D eigenvalue weighted by atomic mass is 32.1. The summed E-state index contributed by atoms with van der Waals surface area (Å²) in [5, 5.41) is 6.39. The van der Waals surface area contributed by atoms with Crippen LogP contribution in [-0.2, 0) is 9.47 Å². The molecule has 19 heavy (non-hydrogen) atoms. The molecule has 1 rings (SSSR count). The van der Waals surface area contributed by atoms with E-state index in [1.165, 1.54) is 0 Å². The zero-order chi connectivity index (χ0) is 14.1. The Labute approximate surface area is 119 Å². The molecule has 0 aromatic carbocycles. The molecule has 1 N–H and O–H groups in total. The van der Waals surface area contributed by atoms with E-state index in [0.29, 0.717) is 6.61 Å². The van der Waals surface area contributed by atoms with Crippen LogP contribution in [0.25, 0.3) is 0 Å². The molecule has 6 heteroatoms. The lowest BCUT2D eigenvalue weighted by Gasteiger charge is -2.21. The number of nitrogens with one attached hydrogen (secondary N) is 1. The van der Waals surface area contributed by atoms with Crippen molar-refractivity contribution in [1.29, 1.82) is 0 Å². The second-order valence-electron chi connectivity index (χ2n) is 4.39. The molecule has 0 saturated heterocycles. The van der Waals surface area contributed by atoms with E-state index in [4.69, 9.17) is 14.5 Å². The molecule has 110 valence electrons. The lowest BCUT2D eigenvalue weighted by molar-refractivity contribution is 0.191. The molecule has 1 aromatic heterocycles. The van der Waals surface area contributed by atoms with Gasteiger partial charge in [-0.3, -0.25) is 0 Å². The Balaban J connectivity index is 2.64. The third kappa shape index (κ3) is 5.44. The summed E-state index contributed by atoms with van der Waals surface area (Å²) in [6, 6.07) is 0.285. The first-order chi connectivity index (χ1) is 9.22. The van der Waals surface area contributed by atoms with Crippen molar-refractivity contribution in [3.05, 3.63) is 11.1 Å². The van der Waals surface area contributed by atoms with E-state index < -0.39 is 0 Å². The number of aromatic nitrogens is 1. The molecule has 0 saturated carbocycles. The van der Waals surface area contributed by atoms with E-state index in [1.807, 2.05) is 7.05 Å². The van der Waals surface area contributed by atoms with Gasteiger partial charge >= 0.3 is 0 Å². The molecule has 0 radical (unpaired) electrons. The van der Waals surface area contributed by atoms with Crippen LogP contribution >= 0.6 is 11.3 Å². The van der Waals surface area contributed by atoms with Gasteiger partial charge in [-0.25, -0.2) is 4.98 Å². The van der Waals surface area contributed by atoms with Crippen LogP contribution in [0.4, 0.5) is 5.13 Å². The molecular formula is C13H25N3O2S. The summed E-state index contributed by atoms with van der Waals surface area (Å²) >= 11 is 1.69. The number of thiazole rings is 1. The van der Waals surface area contributed by atoms with Crippen molar-refractivity contribution in [2.75, 3.05) is 52.5 Å². The monoisotopic (exact) mass is 287 g/mol. The van der Waals surface area contributed by atoms with Crippen LogP contribution in [0.3, 0.4) is 0 Å². The maximum atomic E-state index is 5.17. The second-order valence-corrected chi connectivity index (χ2v) is 5.23. The Bertz CT molecular complexity index is 346. The number of nitrogens with zero attached hydrogens (tertiary/aromatic N) is 2. The van der Waals surface area contributed by atoms with Gasteiger partial charge in [0.1, 0.15) is 0 Å². The zero-order valence-electron chi connectivity index (χ0n) is 12.3. The minimum Gasteiger partial charge on any atom is -0.385 e. The SMILES string of the molecule is CNC(C)c1csc(N(CCCOC)CCOC)n1. The largest absolute Gasteiger partial charge is 0.385 e. The molecule has 0 bridgehead atoms. The standard InChI is InChI=1S/C13H25N3O2S/c1-11(14-2)12-10-19-13(15-12)16(7-9-18-4)6-5-8-17-3/h10-11,14H,5-9H2,1-4H3. The van der Waals surface area contributed by atoms with Gasteiger partial charge in [0, 0.05) is 45.3 Å². The summed E-state index contributed by atoms with van der Waals surface area (Å²) in [4.78, 5) is 6.96. The quantitative estimate of drug-likeness (QED) is 0.666. The Morgan fingerprint density at radius 1 is 1.32 bits per heavy atom. The topological polar surface area (TPSA) is 46.6 Å². The average Bonchev–Trinajstić information content (AvgIpc) is 2.91. The Morgan fingerprint density at radius 2 is 2.05 bits per heavy atom. The fourth-order valence-electron chi connectivity index (χ4n) is 1.67. The predicted molar refractivity (Wildman–Crippen MR) is 80.2 cm³/mol. The molecule has 1 unspecified atom stereocenters. The van der Waals surface area contributed by atoms with E-state index in [9.17, 15) is 0 Å². The van der Waals surface area contributed by atoms with Gasteiger partial charge < -0.3 is 19.7 Å². The van der Waals surface area contributed by atoms with Gasteiger partial charge in [-0.05, 0) is 20.4 Å². The van der Waals surface area contributed by atoms with E-state index in [-0.39, 0.29) is 6.04 Å². The Morgan fingerprint density at radius 3 is 2.68 bits per heavy atom. The summed E-state index contributed by atoms with van der Waals surface area (Å²) in [7, 11) is 5.41. The third-order valence-corrected chi connectivity index (χ3v) is 3.92. The number of rotatable bonds is 10. The van der Waals surface area contributed by atoms with Gasteiger partial charge in [0.2, 0.25) is 0 Å². The van der Waals surface area contributed by atoms with Gasteiger partial charge in [0.15, 0.2) is 5.13 Å². The fourth-order valence-corrected chi connectivity index (χ4v) is 2.65. The molecule has 1 heterocycles. The Hall–Kier alpha value is -0.690. The van der Waals surface area contributed by atoms with Gasteiger partial charge in [-0.15, -0.1) is 11.3 Å². The number of methoxy groups -OCH3 is 2. The summed E-state index contributed by atoms with van der Waals surface area (Å²) in [5.74, 6) is 0. The van der Waals surface area contributed by atoms with Crippen LogP contribution in [0.2, 0.25) is 0 Å². The average molecular weight is 287 g/mol. The molecule has 0 spiro atoms. The van der Waals surface area contributed by atoms with Crippen LogP contribution in [0.1, 0.15) is 25.1 Å². The normalized spacial score (nSPS) is 12.6. The molecular weight excluding hydrogens is 262 g/mol. The molecule has 0 aliphatic heterocycles. The fraction of sp³-hybridized carbons (Fsp3) is 0.769. The second kappa shape index (κ2) is 9.25. The zero-order valence-corrected chi connectivity index (χ0v) is 13.1. The molecule has 1 atom stereocenters. The number of ether oxygens (including phenoxy) is 2. The highest BCUT2D eigenvalue weighted by molar-refractivity contribution is 7.13.